The molecule has 7 rings (SSSR count). The zero-order valence-electron chi connectivity index (χ0n) is 36.8. The van der Waals surface area contributed by atoms with Gasteiger partial charge in [-0.3, -0.25) is 0 Å². The first-order valence-electron chi connectivity index (χ1n) is 22.2. The molecule has 1 aliphatic rings. The van der Waals surface area contributed by atoms with E-state index in [0.717, 1.165) is 33.4 Å². The van der Waals surface area contributed by atoms with Gasteiger partial charge in [-0.15, -0.1) is 0 Å². The van der Waals surface area contributed by atoms with E-state index in [-0.39, 0.29) is 33.0 Å². The second kappa shape index (κ2) is 26.1. The standard InChI is InChI=1S/C54H60N2O8S/c1-57-54-52(63-38-45-30-18-7-19-31-45)50(61-36-43-26-14-5-15-27-43)48(47(64-54)39-58-33-40-20-8-2-9-21-40)56-53(65)51(62-37-44-28-16-6-17-29-44)49(60-35-42-24-12-4-13-25-42)46(32-55)59-34-41-22-10-3-11-23-41/h2-31,46-52,54H,32-39,55H2,1H3,(H,56,65)/t46-,47-,48-,49-,50+,51+,52-,54+/m1/s1. The van der Waals surface area contributed by atoms with E-state index in [9.17, 15) is 0 Å². The number of hydrogen-bond acceptors (Lipinski definition) is 10. The molecule has 0 unspecified atom stereocenters. The molecule has 10 nitrogen and oxygen atoms in total. The Morgan fingerprint density at radius 3 is 1.38 bits per heavy atom. The van der Waals surface area contributed by atoms with E-state index in [0.29, 0.717) is 24.8 Å². The lowest BCUT2D eigenvalue weighted by molar-refractivity contribution is -0.293. The summed E-state index contributed by atoms with van der Waals surface area (Å²) >= 11 is 6.50. The van der Waals surface area contributed by atoms with E-state index in [1.807, 2.05) is 182 Å². The molecule has 0 saturated carbocycles. The van der Waals surface area contributed by atoms with Crippen LogP contribution in [-0.4, -0.2) is 74.2 Å². The average molecular weight is 897 g/mol. The number of benzene rings is 6. The van der Waals surface area contributed by atoms with Gasteiger partial charge < -0.3 is 48.9 Å². The molecule has 340 valence electrons. The Bertz CT molecular complexity index is 2210. The molecule has 1 aliphatic heterocycles. The third-order valence-electron chi connectivity index (χ3n) is 11.2. The Kier molecular flexibility index (Phi) is 19.2. The molecule has 6 aromatic rings. The van der Waals surface area contributed by atoms with Crippen LogP contribution in [0.25, 0.3) is 0 Å². The van der Waals surface area contributed by atoms with Crippen LogP contribution in [-0.2, 0) is 77.5 Å². The molecule has 0 aromatic heterocycles. The molecule has 1 heterocycles. The number of thiocarbonyl (C=S) groups is 1. The molecule has 0 bridgehead atoms. The van der Waals surface area contributed by atoms with Gasteiger partial charge in [-0.1, -0.05) is 194 Å². The minimum absolute atomic E-state index is 0.135. The smallest absolute Gasteiger partial charge is 0.186 e. The van der Waals surface area contributed by atoms with E-state index in [1.165, 1.54) is 0 Å². The van der Waals surface area contributed by atoms with Crippen LogP contribution in [0.1, 0.15) is 33.4 Å². The van der Waals surface area contributed by atoms with Gasteiger partial charge in [-0.25, -0.2) is 0 Å². The van der Waals surface area contributed by atoms with Crippen LogP contribution in [0.4, 0.5) is 0 Å². The van der Waals surface area contributed by atoms with Crippen molar-refractivity contribution in [2.24, 2.45) is 5.73 Å². The lowest BCUT2D eigenvalue weighted by Gasteiger charge is -2.47. The summed E-state index contributed by atoms with van der Waals surface area (Å²) in [6.45, 7) is 2.08. The van der Waals surface area contributed by atoms with Crippen LogP contribution >= 0.6 is 12.2 Å². The monoisotopic (exact) mass is 896 g/mol. The third kappa shape index (κ3) is 14.7. The fraction of sp³-hybridized carbons (Fsp3) is 0.315. The normalized spacial score (nSPS) is 19.8. The highest BCUT2D eigenvalue weighted by atomic mass is 32.1. The molecular weight excluding hydrogens is 837 g/mol. The predicted molar refractivity (Wildman–Crippen MR) is 255 cm³/mol. The number of nitrogens with two attached hydrogens (primary N) is 1. The van der Waals surface area contributed by atoms with Gasteiger partial charge in [-0.05, 0) is 33.4 Å². The molecule has 65 heavy (non-hydrogen) atoms. The number of nitrogens with one attached hydrogen (secondary N) is 1. The number of ether oxygens (including phenoxy) is 8. The van der Waals surface area contributed by atoms with E-state index in [1.54, 1.807) is 7.11 Å². The highest BCUT2D eigenvalue weighted by Gasteiger charge is 2.49. The number of methoxy groups -OCH3 is 1. The zero-order valence-corrected chi connectivity index (χ0v) is 37.7. The van der Waals surface area contributed by atoms with Gasteiger partial charge in [0.2, 0.25) is 0 Å². The molecule has 0 aliphatic carbocycles. The first kappa shape index (κ1) is 47.8. The summed E-state index contributed by atoms with van der Waals surface area (Å²) in [7, 11) is 1.61. The summed E-state index contributed by atoms with van der Waals surface area (Å²) < 4.78 is 53.4. The van der Waals surface area contributed by atoms with Crippen LogP contribution in [0, 0.1) is 0 Å². The Morgan fingerprint density at radius 1 is 0.538 bits per heavy atom. The highest BCUT2D eigenvalue weighted by Crippen LogP contribution is 2.30. The number of hydrogen-bond donors (Lipinski definition) is 2. The highest BCUT2D eigenvalue weighted by molar-refractivity contribution is 7.80. The van der Waals surface area contributed by atoms with Crippen molar-refractivity contribution < 1.29 is 37.9 Å². The topological polar surface area (TPSA) is 112 Å². The summed E-state index contributed by atoms with van der Waals surface area (Å²) in [5.41, 5.74) is 12.6. The summed E-state index contributed by atoms with van der Waals surface area (Å²) in [4.78, 5) is 0.355. The summed E-state index contributed by atoms with van der Waals surface area (Å²) in [6.07, 6.45) is -5.05. The largest absolute Gasteiger partial charge is 0.374 e. The second-order valence-electron chi connectivity index (χ2n) is 15.9. The first-order chi connectivity index (χ1) is 32.1. The first-order valence-corrected chi connectivity index (χ1v) is 22.6. The second-order valence-corrected chi connectivity index (χ2v) is 16.3. The minimum atomic E-state index is -0.859. The lowest BCUT2D eigenvalue weighted by Crippen LogP contribution is -2.67. The number of rotatable bonds is 25. The molecule has 3 N–H and O–H groups in total. The summed E-state index contributed by atoms with van der Waals surface area (Å²) in [6, 6.07) is 59.4. The third-order valence-corrected chi connectivity index (χ3v) is 11.5. The fourth-order valence-electron chi connectivity index (χ4n) is 7.74. The van der Waals surface area contributed by atoms with Gasteiger partial charge in [0.05, 0.1) is 58.4 Å². The average Bonchev–Trinajstić information content (AvgIpc) is 3.36. The van der Waals surface area contributed by atoms with Crippen molar-refractivity contribution in [1.29, 1.82) is 0 Å². The van der Waals surface area contributed by atoms with Crippen LogP contribution < -0.4 is 11.1 Å². The summed E-state index contributed by atoms with van der Waals surface area (Å²) in [5.74, 6) is 0. The molecule has 0 amide bonds. The Hall–Kier alpha value is -5.15. The Labute approximate surface area is 388 Å². The van der Waals surface area contributed by atoms with Crippen molar-refractivity contribution in [2.75, 3.05) is 20.3 Å². The fourth-order valence-corrected chi connectivity index (χ4v) is 8.08. The predicted octanol–water partition coefficient (Wildman–Crippen LogP) is 8.75. The Balaban J connectivity index is 1.24. The van der Waals surface area contributed by atoms with E-state index < -0.39 is 49.0 Å². The van der Waals surface area contributed by atoms with E-state index >= 15 is 0 Å². The van der Waals surface area contributed by atoms with Crippen LogP contribution in [0.15, 0.2) is 182 Å². The van der Waals surface area contributed by atoms with Gasteiger partial charge in [0.25, 0.3) is 0 Å². The van der Waals surface area contributed by atoms with Gasteiger partial charge in [-0.2, -0.15) is 0 Å². The van der Waals surface area contributed by atoms with Crippen LogP contribution in [0.3, 0.4) is 0 Å². The van der Waals surface area contributed by atoms with Crippen molar-refractivity contribution in [1.82, 2.24) is 5.32 Å². The quantitative estimate of drug-likeness (QED) is 0.0539. The molecule has 6 aromatic carbocycles. The van der Waals surface area contributed by atoms with Gasteiger partial charge >= 0.3 is 0 Å². The molecule has 11 heteroatoms. The zero-order chi connectivity index (χ0) is 44.9. The maximum absolute atomic E-state index is 6.96. The van der Waals surface area contributed by atoms with Crippen molar-refractivity contribution in [2.45, 2.75) is 88.6 Å². The van der Waals surface area contributed by atoms with Crippen LogP contribution in [0.2, 0.25) is 0 Å². The van der Waals surface area contributed by atoms with E-state index in [4.69, 9.17) is 55.8 Å². The van der Waals surface area contributed by atoms with Crippen molar-refractivity contribution in [3.63, 3.8) is 0 Å². The van der Waals surface area contributed by atoms with Gasteiger partial charge in [0, 0.05) is 13.7 Å². The molecule has 1 fully saturated rings. The van der Waals surface area contributed by atoms with E-state index in [2.05, 4.69) is 5.32 Å². The van der Waals surface area contributed by atoms with Crippen molar-refractivity contribution in [3.8, 4) is 0 Å². The molecule has 1 saturated heterocycles. The molecular formula is C54H60N2O8S. The molecule has 8 atom stereocenters. The van der Waals surface area contributed by atoms with Crippen LogP contribution in [0.5, 0.6) is 0 Å². The van der Waals surface area contributed by atoms with Crippen molar-refractivity contribution >= 4 is 17.2 Å². The van der Waals surface area contributed by atoms with Crippen molar-refractivity contribution in [3.05, 3.63) is 215 Å². The SMILES string of the molecule is CO[C@H]1O[C@H](COCc2ccccc2)[C@@H](NC(=S)[C@@H](OCc2ccccc2)[C@H](OCc2ccccc2)[C@@H](CN)OCc2ccccc2)[C@H](OCc2ccccc2)[C@H]1OCc1ccccc1. The molecule has 0 spiro atoms. The maximum atomic E-state index is 6.96. The Morgan fingerprint density at radius 2 is 0.938 bits per heavy atom. The minimum Gasteiger partial charge on any atom is -0.374 e. The lowest BCUT2D eigenvalue weighted by atomic mass is 9.94. The summed E-state index contributed by atoms with van der Waals surface area (Å²) in [5, 5.41) is 3.71. The van der Waals surface area contributed by atoms with Gasteiger partial charge in [0.1, 0.15) is 35.5 Å². The van der Waals surface area contributed by atoms with Gasteiger partial charge in [0.15, 0.2) is 6.29 Å². The molecule has 0 radical (unpaired) electrons. The maximum Gasteiger partial charge on any atom is 0.186 e.